The molecule has 0 fully saturated rings. The Morgan fingerprint density at radius 3 is 2.22 bits per heavy atom. The van der Waals surface area contributed by atoms with E-state index in [1.54, 1.807) is 55.7 Å². The van der Waals surface area contributed by atoms with Gasteiger partial charge in [-0.2, -0.15) is 0 Å². The van der Waals surface area contributed by atoms with Crippen molar-refractivity contribution in [3.63, 3.8) is 0 Å². The SMILES string of the molecule is CCOP(=O)(OCC)C(=CSc1ccc(Cl)cc1)NC(=O)c1ccccc1. The van der Waals surface area contributed by atoms with Gasteiger partial charge >= 0.3 is 7.60 Å². The minimum Gasteiger partial charge on any atom is -0.315 e. The molecule has 0 atom stereocenters. The molecule has 5 nitrogen and oxygen atoms in total. The summed E-state index contributed by atoms with van der Waals surface area (Å²) in [6.45, 7) is 3.80. The molecule has 144 valence electrons. The number of carbonyl (C=O) groups is 1. The van der Waals surface area contributed by atoms with Crippen LogP contribution in [0.1, 0.15) is 24.2 Å². The first-order chi connectivity index (χ1) is 13.0. The predicted octanol–water partition coefficient (Wildman–Crippen LogP) is 5.93. The molecule has 8 heteroatoms. The van der Waals surface area contributed by atoms with Crippen molar-refractivity contribution in [3.05, 3.63) is 76.0 Å². The molecule has 0 saturated heterocycles. The minimum absolute atomic E-state index is 0.0972. The van der Waals surface area contributed by atoms with Crippen LogP contribution in [0, 0.1) is 0 Å². The van der Waals surface area contributed by atoms with Crippen LogP contribution in [-0.4, -0.2) is 19.1 Å². The third kappa shape index (κ3) is 6.52. The van der Waals surface area contributed by atoms with Gasteiger partial charge in [-0.25, -0.2) is 0 Å². The Kier molecular flexibility index (Phi) is 8.61. The molecular formula is C19H21ClNO4PS. The third-order valence-corrected chi connectivity index (χ3v) is 6.64. The van der Waals surface area contributed by atoms with E-state index in [0.717, 1.165) is 4.90 Å². The van der Waals surface area contributed by atoms with Gasteiger partial charge in [0.25, 0.3) is 5.91 Å². The molecule has 0 aliphatic rings. The molecule has 2 aromatic carbocycles. The van der Waals surface area contributed by atoms with E-state index in [1.807, 2.05) is 18.2 Å². The van der Waals surface area contributed by atoms with Crippen molar-refractivity contribution in [1.82, 2.24) is 5.32 Å². The van der Waals surface area contributed by atoms with Crippen LogP contribution in [0.25, 0.3) is 0 Å². The lowest BCUT2D eigenvalue weighted by Crippen LogP contribution is -2.24. The summed E-state index contributed by atoms with van der Waals surface area (Å²) >= 11 is 7.19. The van der Waals surface area contributed by atoms with Crippen LogP contribution in [0.2, 0.25) is 5.02 Å². The normalized spacial score (nSPS) is 12.0. The van der Waals surface area contributed by atoms with E-state index in [9.17, 15) is 9.36 Å². The number of benzene rings is 2. The van der Waals surface area contributed by atoms with Crippen LogP contribution in [0.4, 0.5) is 0 Å². The fourth-order valence-corrected chi connectivity index (χ4v) is 4.77. The Labute approximate surface area is 168 Å². The van der Waals surface area contributed by atoms with Crippen LogP contribution in [0.15, 0.2) is 70.3 Å². The first kappa shape index (κ1) is 21.7. The van der Waals surface area contributed by atoms with Gasteiger partial charge < -0.3 is 14.4 Å². The van der Waals surface area contributed by atoms with E-state index in [1.165, 1.54) is 11.8 Å². The van der Waals surface area contributed by atoms with Crippen LogP contribution in [-0.2, 0) is 13.6 Å². The zero-order valence-electron chi connectivity index (χ0n) is 15.1. The molecule has 2 rings (SSSR count). The fraction of sp³-hybridized carbons (Fsp3) is 0.211. The van der Waals surface area contributed by atoms with E-state index in [4.69, 9.17) is 20.6 Å². The molecule has 1 amide bonds. The standard InChI is InChI=1S/C19H21ClNO4PS/c1-3-24-26(23,25-4-2)18(14-27-17-12-10-16(20)11-13-17)21-19(22)15-8-6-5-7-9-15/h5-14H,3-4H2,1-2H3,(H,21,22). The van der Waals surface area contributed by atoms with Gasteiger partial charge in [-0.3, -0.25) is 9.36 Å². The van der Waals surface area contributed by atoms with Crippen molar-refractivity contribution in [2.75, 3.05) is 13.2 Å². The molecule has 0 bridgehead atoms. The van der Waals surface area contributed by atoms with Crippen LogP contribution in [0.3, 0.4) is 0 Å². The van der Waals surface area contributed by atoms with E-state index in [0.29, 0.717) is 10.6 Å². The van der Waals surface area contributed by atoms with Crippen molar-refractivity contribution < 1.29 is 18.4 Å². The summed E-state index contributed by atoms with van der Waals surface area (Å²) in [5.41, 5.74) is 0.541. The highest BCUT2D eigenvalue weighted by molar-refractivity contribution is 8.02. The van der Waals surface area contributed by atoms with E-state index < -0.39 is 13.5 Å². The number of hydrogen-bond donors (Lipinski definition) is 1. The minimum atomic E-state index is -3.67. The Morgan fingerprint density at radius 1 is 1.07 bits per heavy atom. The summed E-state index contributed by atoms with van der Waals surface area (Å²) in [4.78, 5) is 13.4. The summed E-state index contributed by atoms with van der Waals surface area (Å²) in [6.07, 6.45) is 0. The van der Waals surface area contributed by atoms with Gasteiger partial charge in [-0.05, 0) is 50.2 Å². The molecule has 0 aliphatic carbocycles. The maximum atomic E-state index is 13.2. The van der Waals surface area contributed by atoms with E-state index in [2.05, 4.69) is 5.32 Å². The molecule has 0 heterocycles. The largest absolute Gasteiger partial charge is 0.378 e. The number of rotatable bonds is 9. The van der Waals surface area contributed by atoms with Crippen molar-refractivity contribution in [2.45, 2.75) is 18.7 Å². The van der Waals surface area contributed by atoms with Gasteiger partial charge in [0.05, 0.1) is 13.2 Å². The van der Waals surface area contributed by atoms with Crippen LogP contribution in [0.5, 0.6) is 0 Å². The second kappa shape index (κ2) is 10.7. The van der Waals surface area contributed by atoms with Crippen molar-refractivity contribution in [2.24, 2.45) is 0 Å². The second-order valence-electron chi connectivity index (χ2n) is 5.23. The molecule has 0 unspecified atom stereocenters. The maximum Gasteiger partial charge on any atom is 0.378 e. The molecule has 27 heavy (non-hydrogen) atoms. The smallest absolute Gasteiger partial charge is 0.315 e. The highest BCUT2D eigenvalue weighted by Crippen LogP contribution is 2.55. The van der Waals surface area contributed by atoms with Gasteiger partial charge in [0.15, 0.2) is 0 Å². The topological polar surface area (TPSA) is 64.6 Å². The Balaban J connectivity index is 2.31. The first-order valence-electron chi connectivity index (χ1n) is 8.37. The van der Waals surface area contributed by atoms with E-state index >= 15 is 0 Å². The van der Waals surface area contributed by atoms with Gasteiger partial charge in [0.1, 0.15) is 5.44 Å². The lowest BCUT2D eigenvalue weighted by atomic mass is 10.2. The molecule has 0 aliphatic heterocycles. The number of thioether (sulfide) groups is 1. The molecular weight excluding hydrogens is 405 g/mol. The van der Waals surface area contributed by atoms with Crippen LogP contribution >= 0.6 is 31.0 Å². The van der Waals surface area contributed by atoms with Gasteiger partial charge in [0.2, 0.25) is 0 Å². The zero-order valence-corrected chi connectivity index (χ0v) is 17.5. The quantitative estimate of drug-likeness (QED) is 0.398. The first-order valence-corrected chi connectivity index (χ1v) is 11.2. The summed E-state index contributed by atoms with van der Waals surface area (Å²) in [7, 11) is -3.67. The Hall–Kier alpha value is -1.56. The summed E-state index contributed by atoms with van der Waals surface area (Å²) in [5.74, 6) is -0.391. The molecule has 0 spiro atoms. The highest BCUT2D eigenvalue weighted by atomic mass is 35.5. The molecule has 1 N–H and O–H groups in total. The summed E-state index contributed by atoms with van der Waals surface area (Å²) < 4.78 is 24.0. The monoisotopic (exact) mass is 425 g/mol. The van der Waals surface area contributed by atoms with Crippen LogP contribution < -0.4 is 5.32 Å². The predicted molar refractivity (Wildman–Crippen MR) is 110 cm³/mol. The fourth-order valence-electron chi connectivity index (χ4n) is 2.09. The lowest BCUT2D eigenvalue weighted by molar-refractivity contribution is 0.0964. The van der Waals surface area contributed by atoms with E-state index in [-0.39, 0.29) is 18.7 Å². The maximum absolute atomic E-state index is 13.2. The summed E-state index contributed by atoms with van der Waals surface area (Å²) in [5, 5.41) is 4.89. The third-order valence-electron chi connectivity index (χ3n) is 3.29. The number of hydrogen-bond acceptors (Lipinski definition) is 5. The van der Waals surface area contributed by atoms with Gasteiger partial charge in [-0.15, -0.1) is 0 Å². The van der Waals surface area contributed by atoms with Gasteiger partial charge in [0, 0.05) is 20.9 Å². The zero-order chi connectivity index (χ0) is 19.7. The Morgan fingerprint density at radius 2 is 1.67 bits per heavy atom. The molecule has 0 saturated carbocycles. The number of amides is 1. The number of halogens is 1. The average molecular weight is 426 g/mol. The molecule has 0 radical (unpaired) electrons. The van der Waals surface area contributed by atoms with Crippen molar-refractivity contribution in [1.29, 1.82) is 0 Å². The Bertz CT molecular complexity index is 817. The number of carbonyl (C=O) groups excluding carboxylic acids is 1. The molecule has 0 aromatic heterocycles. The van der Waals surface area contributed by atoms with Crippen molar-refractivity contribution >= 4 is 36.9 Å². The lowest BCUT2D eigenvalue weighted by Gasteiger charge is -2.20. The highest BCUT2D eigenvalue weighted by Gasteiger charge is 2.31. The second-order valence-corrected chi connectivity index (χ2v) is 8.60. The molecule has 2 aromatic rings. The average Bonchev–Trinajstić information content (AvgIpc) is 2.67. The van der Waals surface area contributed by atoms with Gasteiger partial charge in [-0.1, -0.05) is 41.6 Å². The summed E-state index contributed by atoms with van der Waals surface area (Å²) in [6, 6.07) is 15.8. The van der Waals surface area contributed by atoms with Crippen molar-refractivity contribution in [3.8, 4) is 0 Å². The number of nitrogens with one attached hydrogen (secondary N) is 1.